The van der Waals surface area contributed by atoms with Crippen LogP contribution in [0.15, 0.2) is 47.3 Å². The molecule has 0 N–H and O–H groups in total. The molecule has 0 radical (unpaired) electrons. The normalized spacial score (nSPS) is 24.8. The lowest BCUT2D eigenvalue weighted by Gasteiger charge is -2.42. The summed E-state index contributed by atoms with van der Waals surface area (Å²) in [6.45, 7) is 3.49. The average molecular weight is 360 g/mol. The summed E-state index contributed by atoms with van der Waals surface area (Å²) in [5, 5.41) is 0. The van der Waals surface area contributed by atoms with E-state index in [9.17, 15) is 9.18 Å². The van der Waals surface area contributed by atoms with E-state index < -0.39 is 5.60 Å². The summed E-state index contributed by atoms with van der Waals surface area (Å²) >= 11 is 0. The summed E-state index contributed by atoms with van der Waals surface area (Å²) in [4.78, 5) is 16.2. The molecule has 26 heavy (non-hydrogen) atoms. The first-order valence-corrected chi connectivity index (χ1v) is 8.65. The number of anilines is 1. The molecule has 1 amide bonds. The molecule has 2 aromatic rings. The van der Waals surface area contributed by atoms with Gasteiger partial charge in [0.1, 0.15) is 24.3 Å². The van der Waals surface area contributed by atoms with Gasteiger partial charge in [0.2, 0.25) is 0 Å². The highest BCUT2D eigenvalue weighted by Crippen LogP contribution is 2.28. The van der Waals surface area contributed by atoms with E-state index in [-0.39, 0.29) is 18.3 Å². The molecule has 2 aliphatic rings. The lowest BCUT2D eigenvalue weighted by atomic mass is 10.0. The molecule has 6 nitrogen and oxygen atoms in total. The zero-order chi connectivity index (χ0) is 18.0. The van der Waals surface area contributed by atoms with Gasteiger partial charge in [-0.2, -0.15) is 0 Å². The number of ether oxygens (including phenoxy) is 2. The molecule has 0 unspecified atom stereocenters. The van der Waals surface area contributed by atoms with Crippen molar-refractivity contribution in [2.75, 3.05) is 44.4 Å². The Morgan fingerprint density at radius 3 is 2.77 bits per heavy atom. The zero-order valence-corrected chi connectivity index (χ0v) is 14.4. The molecule has 2 aliphatic heterocycles. The maximum atomic E-state index is 13.1. The van der Waals surface area contributed by atoms with Gasteiger partial charge in [0.05, 0.1) is 31.7 Å². The van der Waals surface area contributed by atoms with Crippen LogP contribution in [0.3, 0.4) is 0 Å². The Labute approximate surface area is 151 Å². The fraction of sp³-hybridized carbons (Fsp3) is 0.421. The summed E-state index contributed by atoms with van der Waals surface area (Å²) in [5.74, 6) is -0.333. The molecule has 4 rings (SSSR count). The smallest absolute Gasteiger partial charge is 0.253 e. The molecule has 2 saturated heterocycles. The molecule has 3 heterocycles. The first-order valence-electron chi connectivity index (χ1n) is 8.65. The lowest BCUT2D eigenvalue weighted by molar-refractivity contribution is -0.146. The Balaban J connectivity index is 1.51. The van der Waals surface area contributed by atoms with E-state index in [2.05, 4.69) is 4.90 Å². The van der Waals surface area contributed by atoms with E-state index in [1.807, 2.05) is 0 Å². The van der Waals surface area contributed by atoms with Crippen molar-refractivity contribution in [2.45, 2.75) is 12.1 Å². The maximum absolute atomic E-state index is 13.1. The number of rotatable bonds is 3. The number of benzene rings is 1. The van der Waals surface area contributed by atoms with Crippen molar-refractivity contribution in [1.29, 1.82) is 0 Å². The largest absolute Gasteiger partial charge is 0.470 e. The quantitative estimate of drug-likeness (QED) is 0.839. The monoisotopic (exact) mass is 360 g/mol. The Morgan fingerprint density at radius 1 is 1.15 bits per heavy atom. The van der Waals surface area contributed by atoms with Crippen LogP contribution in [0, 0.1) is 5.82 Å². The van der Waals surface area contributed by atoms with Crippen LogP contribution >= 0.6 is 0 Å². The number of morpholine rings is 1. The number of hydrogen-bond donors (Lipinski definition) is 0. The summed E-state index contributed by atoms with van der Waals surface area (Å²) < 4.78 is 30.0. The molecule has 2 fully saturated rings. The molecular weight excluding hydrogens is 339 g/mol. The molecule has 0 bridgehead atoms. The SMILES string of the molecule is O=C1CO[C@]2(COCCN(Cc3ccc(F)cc3)C2)CN1c1ccoc1. The number of carbonyl (C=O) groups excluding carboxylic acids is 1. The van der Waals surface area contributed by atoms with Crippen LogP contribution in [0.5, 0.6) is 0 Å². The van der Waals surface area contributed by atoms with E-state index in [1.165, 1.54) is 12.1 Å². The standard InChI is InChI=1S/C19H21FN2O4/c20-16-3-1-15(2-4-16)9-21-6-8-25-14-19(12-21)13-22(18(23)11-26-19)17-5-7-24-10-17/h1-5,7,10H,6,8-9,11-14H2/t19-/m0/s1. The number of carbonyl (C=O) groups is 1. The van der Waals surface area contributed by atoms with Crippen molar-refractivity contribution in [1.82, 2.24) is 4.90 Å². The predicted molar refractivity (Wildman–Crippen MR) is 92.2 cm³/mol. The van der Waals surface area contributed by atoms with Gasteiger partial charge in [-0.25, -0.2) is 4.39 Å². The summed E-state index contributed by atoms with van der Waals surface area (Å²) in [7, 11) is 0. The highest BCUT2D eigenvalue weighted by molar-refractivity contribution is 5.95. The molecule has 0 saturated carbocycles. The zero-order valence-electron chi connectivity index (χ0n) is 14.4. The predicted octanol–water partition coefficient (Wildman–Crippen LogP) is 2.05. The fourth-order valence-electron chi connectivity index (χ4n) is 3.51. The molecule has 7 heteroatoms. The summed E-state index contributed by atoms with van der Waals surface area (Å²) in [6.07, 6.45) is 3.11. The van der Waals surface area contributed by atoms with Crippen molar-refractivity contribution in [2.24, 2.45) is 0 Å². The maximum Gasteiger partial charge on any atom is 0.253 e. The molecule has 1 atom stereocenters. The molecule has 1 aromatic heterocycles. The van der Waals surface area contributed by atoms with Crippen molar-refractivity contribution in [3.63, 3.8) is 0 Å². The van der Waals surface area contributed by atoms with Crippen LogP contribution in [0.25, 0.3) is 0 Å². The Hall–Kier alpha value is -2.22. The van der Waals surface area contributed by atoms with Gasteiger partial charge >= 0.3 is 0 Å². The van der Waals surface area contributed by atoms with Crippen LogP contribution < -0.4 is 4.90 Å². The Kier molecular flexibility index (Phi) is 4.76. The van der Waals surface area contributed by atoms with Crippen LogP contribution in [-0.2, 0) is 20.8 Å². The highest BCUT2D eigenvalue weighted by atomic mass is 19.1. The van der Waals surface area contributed by atoms with Gasteiger partial charge in [-0.05, 0) is 17.7 Å². The van der Waals surface area contributed by atoms with E-state index in [0.29, 0.717) is 32.8 Å². The van der Waals surface area contributed by atoms with Gasteiger partial charge in [-0.3, -0.25) is 9.69 Å². The summed E-state index contributed by atoms with van der Waals surface area (Å²) in [6, 6.07) is 8.28. The van der Waals surface area contributed by atoms with Gasteiger partial charge in [0.15, 0.2) is 0 Å². The van der Waals surface area contributed by atoms with Crippen molar-refractivity contribution >= 4 is 11.6 Å². The fourth-order valence-corrected chi connectivity index (χ4v) is 3.51. The molecule has 0 aliphatic carbocycles. The third kappa shape index (κ3) is 3.65. The van der Waals surface area contributed by atoms with Crippen LogP contribution in [-0.4, -0.2) is 55.9 Å². The van der Waals surface area contributed by atoms with Gasteiger partial charge in [0.25, 0.3) is 5.91 Å². The molecular formula is C19H21FN2O4. The number of nitrogens with zero attached hydrogens (tertiary/aromatic N) is 2. The second-order valence-corrected chi connectivity index (χ2v) is 6.82. The van der Waals surface area contributed by atoms with Gasteiger partial charge in [-0.15, -0.1) is 0 Å². The van der Waals surface area contributed by atoms with Gasteiger partial charge in [-0.1, -0.05) is 12.1 Å². The lowest BCUT2D eigenvalue weighted by Crippen LogP contribution is -2.60. The Morgan fingerprint density at radius 2 is 2.00 bits per heavy atom. The van der Waals surface area contributed by atoms with E-state index in [0.717, 1.165) is 17.8 Å². The third-order valence-corrected chi connectivity index (χ3v) is 4.82. The second kappa shape index (κ2) is 7.19. The second-order valence-electron chi connectivity index (χ2n) is 6.82. The number of hydrogen-bond acceptors (Lipinski definition) is 5. The number of furan rings is 1. The molecule has 1 aromatic carbocycles. The van der Waals surface area contributed by atoms with Gasteiger partial charge in [0, 0.05) is 25.7 Å². The number of halogens is 1. The minimum Gasteiger partial charge on any atom is -0.470 e. The van der Waals surface area contributed by atoms with Crippen LogP contribution in [0.4, 0.5) is 10.1 Å². The average Bonchev–Trinajstić information content (AvgIpc) is 3.10. The first-order chi connectivity index (χ1) is 12.6. The molecule has 138 valence electrons. The highest BCUT2D eigenvalue weighted by Gasteiger charge is 2.43. The van der Waals surface area contributed by atoms with Gasteiger partial charge < -0.3 is 18.8 Å². The number of amides is 1. The van der Waals surface area contributed by atoms with E-state index in [1.54, 1.807) is 35.6 Å². The first kappa shape index (κ1) is 17.2. The third-order valence-electron chi connectivity index (χ3n) is 4.82. The van der Waals surface area contributed by atoms with Crippen molar-refractivity contribution < 1.29 is 23.1 Å². The van der Waals surface area contributed by atoms with Crippen molar-refractivity contribution in [3.8, 4) is 0 Å². The van der Waals surface area contributed by atoms with Crippen LogP contribution in [0.1, 0.15) is 5.56 Å². The van der Waals surface area contributed by atoms with Crippen molar-refractivity contribution in [3.05, 3.63) is 54.2 Å². The van der Waals surface area contributed by atoms with E-state index >= 15 is 0 Å². The summed E-state index contributed by atoms with van der Waals surface area (Å²) in [5.41, 5.74) is 1.16. The minimum atomic E-state index is -0.596. The topological polar surface area (TPSA) is 55.2 Å². The van der Waals surface area contributed by atoms with Crippen LogP contribution in [0.2, 0.25) is 0 Å². The minimum absolute atomic E-state index is 0.0128. The molecule has 1 spiro atoms. The van der Waals surface area contributed by atoms with E-state index in [4.69, 9.17) is 13.9 Å². The Bertz CT molecular complexity index is 749.